The lowest BCUT2D eigenvalue weighted by Gasteiger charge is -1.91. The average Bonchev–Trinajstić information content (AvgIpc) is 2.39. The predicted octanol–water partition coefficient (Wildman–Crippen LogP) is 1.58. The van der Waals surface area contributed by atoms with Crippen molar-refractivity contribution in [3.05, 3.63) is 24.0 Å². The van der Waals surface area contributed by atoms with Crippen LogP contribution in [0.3, 0.4) is 0 Å². The van der Waals surface area contributed by atoms with E-state index in [1.807, 2.05) is 0 Å². The Morgan fingerprint density at radius 2 is 2.38 bits per heavy atom. The topological polar surface area (TPSA) is 76.2 Å². The number of nitrogens with zero attached hydrogens (tertiary/aromatic N) is 1. The Kier molecular flexibility index (Phi) is 1.66. The standard InChI is InChI=1S/C8H6N2O2S/c9-7-6(8(11)12)4-1-2-10-3-5(4)13-7/h1-3H,9H2,(H,11,12). The molecule has 2 rings (SSSR count). The summed E-state index contributed by atoms with van der Waals surface area (Å²) in [4.78, 5) is 14.7. The second-order valence-electron chi connectivity index (χ2n) is 2.52. The Morgan fingerprint density at radius 3 is 3.08 bits per heavy atom. The van der Waals surface area contributed by atoms with Gasteiger partial charge in [-0.25, -0.2) is 4.79 Å². The molecule has 2 aromatic rings. The predicted molar refractivity (Wildman–Crippen MR) is 51.0 cm³/mol. The summed E-state index contributed by atoms with van der Waals surface area (Å²) in [6, 6.07) is 1.66. The fourth-order valence-corrected chi connectivity index (χ4v) is 2.12. The maximum Gasteiger partial charge on any atom is 0.339 e. The van der Waals surface area contributed by atoms with E-state index in [-0.39, 0.29) is 5.56 Å². The number of pyridine rings is 1. The van der Waals surface area contributed by atoms with Crippen molar-refractivity contribution in [1.82, 2.24) is 4.98 Å². The van der Waals surface area contributed by atoms with Crippen molar-refractivity contribution in [2.45, 2.75) is 0 Å². The van der Waals surface area contributed by atoms with Crippen molar-refractivity contribution < 1.29 is 9.90 Å². The summed E-state index contributed by atoms with van der Waals surface area (Å²) in [5.41, 5.74) is 5.75. The van der Waals surface area contributed by atoms with Crippen LogP contribution in [0.4, 0.5) is 5.00 Å². The van der Waals surface area contributed by atoms with Crippen LogP contribution in [0.5, 0.6) is 0 Å². The molecule has 66 valence electrons. The minimum absolute atomic E-state index is 0.183. The van der Waals surface area contributed by atoms with Crippen molar-refractivity contribution in [2.75, 3.05) is 5.73 Å². The molecule has 0 aliphatic heterocycles. The minimum Gasteiger partial charge on any atom is -0.478 e. The van der Waals surface area contributed by atoms with E-state index in [1.54, 1.807) is 18.5 Å². The smallest absolute Gasteiger partial charge is 0.339 e. The molecule has 13 heavy (non-hydrogen) atoms. The van der Waals surface area contributed by atoms with Crippen LogP contribution in [-0.2, 0) is 0 Å². The number of aromatic nitrogens is 1. The normalized spacial score (nSPS) is 10.5. The third kappa shape index (κ3) is 1.13. The Labute approximate surface area is 77.6 Å². The molecule has 4 nitrogen and oxygen atoms in total. The van der Waals surface area contributed by atoms with Crippen molar-refractivity contribution in [1.29, 1.82) is 0 Å². The van der Waals surface area contributed by atoms with Gasteiger partial charge < -0.3 is 10.8 Å². The van der Waals surface area contributed by atoms with Gasteiger partial charge in [0.25, 0.3) is 0 Å². The molecule has 2 aromatic heterocycles. The number of anilines is 1. The largest absolute Gasteiger partial charge is 0.478 e. The zero-order valence-electron chi connectivity index (χ0n) is 6.52. The van der Waals surface area contributed by atoms with E-state index in [0.717, 1.165) is 4.70 Å². The van der Waals surface area contributed by atoms with Gasteiger partial charge in [0.15, 0.2) is 0 Å². The van der Waals surface area contributed by atoms with Gasteiger partial charge in [-0.05, 0) is 6.07 Å². The van der Waals surface area contributed by atoms with Crippen LogP contribution in [0.1, 0.15) is 10.4 Å². The summed E-state index contributed by atoms with van der Waals surface area (Å²) < 4.78 is 0.803. The highest BCUT2D eigenvalue weighted by Crippen LogP contribution is 2.32. The molecule has 0 spiro atoms. The van der Waals surface area contributed by atoms with E-state index in [9.17, 15) is 4.79 Å². The SMILES string of the molecule is Nc1sc2cnccc2c1C(=O)O. The third-order valence-corrected chi connectivity index (χ3v) is 2.70. The van der Waals surface area contributed by atoms with Crippen LogP contribution < -0.4 is 5.73 Å². The van der Waals surface area contributed by atoms with Gasteiger partial charge in [-0.1, -0.05) is 0 Å². The lowest BCUT2D eigenvalue weighted by atomic mass is 10.2. The van der Waals surface area contributed by atoms with Gasteiger partial charge in [0.2, 0.25) is 0 Å². The molecule has 0 saturated heterocycles. The van der Waals surface area contributed by atoms with Gasteiger partial charge in [-0.2, -0.15) is 0 Å². The fraction of sp³-hybridized carbons (Fsp3) is 0. The van der Waals surface area contributed by atoms with E-state index in [1.165, 1.54) is 11.3 Å². The molecule has 0 radical (unpaired) electrons. The highest BCUT2D eigenvalue weighted by molar-refractivity contribution is 7.23. The van der Waals surface area contributed by atoms with Gasteiger partial charge in [0, 0.05) is 17.8 Å². The highest BCUT2D eigenvalue weighted by atomic mass is 32.1. The highest BCUT2D eigenvalue weighted by Gasteiger charge is 2.15. The van der Waals surface area contributed by atoms with Gasteiger partial charge in [-0.15, -0.1) is 11.3 Å². The van der Waals surface area contributed by atoms with Gasteiger partial charge in [0.05, 0.1) is 4.70 Å². The number of aromatic carboxylic acids is 1. The quantitative estimate of drug-likeness (QED) is 0.722. The fourth-order valence-electron chi connectivity index (χ4n) is 1.19. The lowest BCUT2D eigenvalue weighted by molar-refractivity contribution is 0.0700. The molecule has 5 heteroatoms. The van der Waals surface area contributed by atoms with Crippen LogP contribution in [0, 0.1) is 0 Å². The molecule has 0 saturated carbocycles. The zero-order chi connectivity index (χ0) is 9.42. The second kappa shape index (κ2) is 2.70. The van der Waals surface area contributed by atoms with E-state index < -0.39 is 5.97 Å². The van der Waals surface area contributed by atoms with Crippen LogP contribution in [0.25, 0.3) is 10.1 Å². The first kappa shape index (κ1) is 8.00. The molecule has 0 unspecified atom stereocenters. The Balaban J connectivity index is 2.86. The van der Waals surface area contributed by atoms with Crippen molar-refractivity contribution in [3.63, 3.8) is 0 Å². The summed E-state index contributed by atoms with van der Waals surface area (Å²) >= 11 is 1.24. The molecule has 3 N–H and O–H groups in total. The van der Waals surface area contributed by atoms with E-state index in [0.29, 0.717) is 10.4 Å². The molecular weight excluding hydrogens is 188 g/mol. The number of hydrogen-bond acceptors (Lipinski definition) is 4. The molecular formula is C8H6N2O2S. The molecule has 0 fully saturated rings. The first-order chi connectivity index (χ1) is 6.20. The molecule has 2 heterocycles. The van der Waals surface area contributed by atoms with E-state index in [4.69, 9.17) is 10.8 Å². The number of hydrogen-bond donors (Lipinski definition) is 2. The molecule has 0 bridgehead atoms. The summed E-state index contributed by atoms with van der Waals surface area (Å²) in [5, 5.41) is 9.85. The maximum absolute atomic E-state index is 10.8. The van der Waals surface area contributed by atoms with Crippen molar-refractivity contribution in [3.8, 4) is 0 Å². The molecule has 0 aromatic carbocycles. The number of carboxylic acids is 1. The van der Waals surface area contributed by atoms with Crippen LogP contribution in [0.2, 0.25) is 0 Å². The Morgan fingerprint density at radius 1 is 1.62 bits per heavy atom. The van der Waals surface area contributed by atoms with Crippen molar-refractivity contribution >= 4 is 32.4 Å². The van der Waals surface area contributed by atoms with Gasteiger partial charge in [0.1, 0.15) is 10.6 Å². The molecule has 0 aliphatic carbocycles. The number of nitrogens with two attached hydrogens (primary N) is 1. The van der Waals surface area contributed by atoms with Crippen LogP contribution in [0.15, 0.2) is 18.5 Å². The van der Waals surface area contributed by atoms with Crippen LogP contribution >= 0.6 is 11.3 Å². The Bertz CT molecular complexity index is 478. The third-order valence-electron chi connectivity index (χ3n) is 1.73. The summed E-state index contributed by atoms with van der Waals surface area (Å²) in [7, 11) is 0. The van der Waals surface area contributed by atoms with E-state index >= 15 is 0 Å². The van der Waals surface area contributed by atoms with E-state index in [2.05, 4.69) is 4.98 Å². The Hall–Kier alpha value is -1.62. The monoisotopic (exact) mass is 194 g/mol. The average molecular weight is 194 g/mol. The number of thiophene rings is 1. The molecule has 0 amide bonds. The maximum atomic E-state index is 10.8. The number of nitrogen functional groups attached to an aromatic ring is 1. The minimum atomic E-state index is -0.991. The van der Waals surface area contributed by atoms with Gasteiger partial charge in [-0.3, -0.25) is 4.98 Å². The van der Waals surface area contributed by atoms with Crippen LogP contribution in [-0.4, -0.2) is 16.1 Å². The summed E-state index contributed by atoms with van der Waals surface area (Å²) in [6.07, 6.45) is 3.17. The lowest BCUT2D eigenvalue weighted by Crippen LogP contribution is -1.98. The number of rotatable bonds is 1. The number of fused-ring (bicyclic) bond motifs is 1. The van der Waals surface area contributed by atoms with Crippen molar-refractivity contribution in [2.24, 2.45) is 0 Å². The molecule has 0 atom stereocenters. The number of carboxylic acid groups (broad SMARTS) is 1. The first-order valence-electron chi connectivity index (χ1n) is 3.55. The van der Waals surface area contributed by atoms with Gasteiger partial charge >= 0.3 is 5.97 Å². The second-order valence-corrected chi connectivity index (χ2v) is 3.60. The first-order valence-corrected chi connectivity index (χ1v) is 4.37. The zero-order valence-corrected chi connectivity index (χ0v) is 7.34. The summed E-state index contributed by atoms with van der Waals surface area (Å²) in [5.74, 6) is -0.991. The molecule has 0 aliphatic rings. The summed E-state index contributed by atoms with van der Waals surface area (Å²) in [6.45, 7) is 0. The number of carbonyl (C=O) groups is 1.